The normalized spacial score (nSPS) is 11.7. The summed E-state index contributed by atoms with van der Waals surface area (Å²) in [5.74, 6) is 3.08. The summed E-state index contributed by atoms with van der Waals surface area (Å²) in [6.45, 7) is 1.99. The molecule has 1 aromatic heterocycles. The zero-order valence-corrected chi connectivity index (χ0v) is 19.1. The van der Waals surface area contributed by atoms with E-state index in [0.29, 0.717) is 30.4 Å². The Hall–Kier alpha value is -3.55. The Kier molecular flexibility index (Phi) is 7.70. The minimum atomic E-state index is -0.0867. The number of ether oxygens (including phenoxy) is 3. The molecule has 1 amide bonds. The molecule has 1 heterocycles. The van der Waals surface area contributed by atoms with Crippen molar-refractivity contribution >= 4 is 5.91 Å². The van der Waals surface area contributed by atoms with Crippen molar-refractivity contribution in [3.63, 3.8) is 0 Å². The van der Waals surface area contributed by atoms with E-state index in [1.165, 1.54) is 0 Å². The van der Waals surface area contributed by atoms with Gasteiger partial charge in [0.05, 0.1) is 33.8 Å². The van der Waals surface area contributed by atoms with Gasteiger partial charge in [0.2, 0.25) is 17.7 Å². The molecule has 1 atom stereocenters. The Morgan fingerprint density at radius 1 is 1.00 bits per heavy atom. The number of benzene rings is 2. The minimum Gasteiger partial charge on any atom is -0.497 e. The molecule has 0 N–H and O–H groups in total. The topological polar surface area (TPSA) is 86.9 Å². The van der Waals surface area contributed by atoms with Crippen LogP contribution in [0.5, 0.6) is 17.2 Å². The number of methoxy groups -OCH3 is 3. The van der Waals surface area contributed by atoms with Crippen molar-refractivity contribution < 1.29 is 23.4 Å². The standard InChI is InChI=1S/C24H29N3O5/c1-16(17-7-6-8-19(13-17)29-3)27(2)24(28)12-11-22-25-26-23(32-22)15-18-14-20(30-4)9-10-21(18)31-5/h6-10,13-14,16H,11-12,15H2,1-5H3/t16-/m0/s1. The molecule has 0 spiro atoms. The zero-order valence-electron chi connectivity index (χ0n) is 19.1. The molecule has 0 saturated carbocycles. The molecule has 0 bridgehead atoms. The summed E-state index contributed by atoms with van der Waals surface area (Å²) in [4.78, 5) is 14.4. The van der Waals surface area contributed by atoms with Gasteiger partial charge in [0.1, 0.15) is 17.2 Å². The van der Waals surface area contributed by atoms with Crippen LogP contribution in [0.15, 0.2) is 46.9 Å². The fourth-order valence-electron chi connectivity index (χ4n) is 3.38. The molecule has 8 nitrogen and oxygen atoms in total. The molecule has 3 rings (SSSR count). The summed E-state index contributed by atoms with van der Waals surface area (Å²) in [5, 5.41) is 8.21. The fourth-order valence-corrected chi connectivity index (χ4v) is 3.38. The van der Waals surface area contributed by atoms with E-state index in [4.69, 9.17) is 18.6 Å². The summed E-state index contributed by atoms with van der Waals surface area (Å²) < 4.78 is 21.7. The van der Waals surface area contributed by atoms with Gasteiger partial charge in [0.25, 0.3) is 0 Å². The molecular weight excluding hydrogens is 410 g/mol. The first-order chi connectivity index (χ1) is 15.4. The van der Waals surface area contributed by atoms with Crippen LogP contribution in [0.2, 0.25) is 0 Å². The number of aryl methyl sites for hydroxylation is 1. The number of aromatic nitrogens is 2. The molecule has 2 aromatic carbocycles. The average Bonchev–Trinajstić information content (AvgIpc) is 3.28. The summed E-state index contributed by atoms with van der Waals surface area (Å²) in [7, 11) is 6.64. The van der Waals surface area contributed by atoms with E-state index in [0.717, 1.165) is 22.6 Å². The number of hydrogen-bond acceptors (Lipinski definition) is 7. The Bertz CT molecular complexity index is 1050. The van der Waals surface area contributed by atoms with E-state index >= 15 is 0 Å². The van der Waals surface area contributed by atoms with Gasteiger partial charge in [-0.05, 0) is 42.8 Å². The largest absolute Gasteiger partial charge is 0.497 e. The van der Waals surface area contributed by atoms with Gasteiger partial charge < -0.3 is 23.5 Å². The molecular formula is C24H29N3O5. The average molecular weight is 440 g/mol. The number of amides is 1. The molecule has 0 unspecified atom stereocenters. The van der Waals surface area contributed by atoms with Crippen LogP contribution < -0.4 is 14.2 Å². The highest BCUT2D eigenvalue weighted by Gasteiger charge is 2.19. The molecule has 0 fully saturated rings. The second kappa shape index (κ2) is 10.7. The fraction of sp³-hybridized carbons (Fsp3) is 0.375. The first-order valence-electron chi connectivity index (χ1n) is 10.4. The molecule has 0 aliphatic carbocycles. The lowest BCUT2D eigenvalue weighted by atomic mass is 10.1. The maximum absolute atomic E-state index is 12.7. The van der Waals surface area contributed by atoms with Crippen LogP contribution in [-0.4, -0.2) is 49.4 Å². The Morgan fingerprint density at radius 2 is 1.72 bits per heavy atom. The summed E-state index contributed by atoms with van der Waals surface area (Å²) in [6.07, 6.45) is 1.05. The van der Waals surface area contributed by atoms with E-state index in [1.54, 1.807) is 33.3 Å². The van der Waals surface area contributed by atoms with Crippen LogP contribution in [0.1, 0.15) is 42.3 Å². The third-order valence-corrected chi connectivity index (χ3v) is 5.44. The van der Waals surface area contributed by atoms with E-state index in [-0.39, 0.29) is 18.4 Å². The molecule has 32 heavy (non-hydrogen) atoms. The molecule has 8 heteroatoms. The maximum Gasteiger partial charge on any atom is 0.223 e. The number of carbonyl (C=O) groups excluding carboxylic acids is 1. The van der Waals surface area contributed by atoms with Crippen LogP contribution in [-0.2, 0) is 17.6 Å². The Labute approximate surface area is 188 Å². The van der Waals surface area contributed by atoms with Crippen molar-refractivity contribution in [3.8, 4) is 17.2 Å². The number of carbonyl (C=O) groups is 1. The smallest absolute Gasteiger partial charge is 0.223 e. The highest BCUT2D eigenvalue weighted by atomic mass is 16.5. The van der Waals surface area contributed by atoms with Crippen molar-refractivity contribution in [2.45, 2.75) is 32.2 Å². The first-order valence-corrected chi connectivity index (χ1v) is 10.4. The molecule has 3 aromatic rings. The maximum atomic E-state index is 12.7. The summed E-state index contributed by atoms with van der Waals surface area (Å²) >= 11 is 0. The van der Waals surface area contributed by atoms with Gasteiger partial charge in [-0.3, -0.25) is 4.79 Å². The van der Waals surface area contributed by atoms with Crippen molar-refractivity contribution in [2.75, 3.05) is 28.4 Å². The van der Waals surface area contributed by atoms with E-state index in [2.05, 4.69) is 10.2 Å². The van der Waals surface area contributed by atoms with E-state index in [9.17, 15) is 4.79 Å². The van der Waals surface area contributed by atoms with Crippen LogP contribution >= 0.6 is 0 Å². The lowest BCUT2D eigenvalue weighted by molar-refractivity contribution is -0.131. The number of nitrogens with zero attached hydrogens (tertiary/aromatic N) is 3. The Balaban J connectivity index is 1.59. The first kappa shape index (κ1) is 23.1. The van der Waals surface area contributed by atoms with Gasteiger partial charge in [0.15, 0.2) is 0 Å². The van der Waals surface area contributed by atoms with Crippen LogP contribution in [0.4, 0.5) is 0 Å². The summed E-state index contributed by atoms with van der Waals surface area (Å²) in [6, 6.07) is 13.2. The second-order valence-electron chi connectivity index (χ2n) is 7.40. The highest BCUT2D eigenvalue weighted by molar-refractivity contribution is 5.76. The van der Waals surface area contributed by atoms with Crippen molar-refractivity contribution in [1.82, 2.24) is 15.1 Å². The van der Waals surface area contributed by atoms with E-state index in [1.807, 2.05) is 49.4 Å². The van der Waals surface area contributed by atoms with Crippen molar-refractivity contribution in [3.05, 3.63) is 65.4 Å². The highest BCUT2D eigenvalue weighted by Crippen LogP contribution is 2.26. The van der Waals surface area contributed by atoms with Gasteiger partial charge in [-0.2, -0.15) is 0 Å². The SMILES string of the molecule is COc1cccc([C@H](C)N(C)C(=O)CCc2nnc(Cc3cc(OC)ccc3OC)o2)c1. The van der Waals surface area contributed by atoms with Crippen LogP contribution in [0.3, 0.4) is 0 Å². The summed E-state index contributed by atoms with van der Waals surface area (Å²) in [5.41, 5.74) is 1.89. The van der Waals surface area contributed by atoms with Crippen LogP contribution in [0, 0.1) is 0 Å². The quantitative estimate of drug-likeness (QED) is 0.474. The lowest BCUT2D eigenvalue weighted by Crippen LogP contribution is -2.29. The Morgan fingerprint density at radius 3 is 2.44 bits per heavy atom. The van der Waals surface area contributed by atoms with Gasteiger partial charge in [0, 0.05) is 25.5 Å². The van der Waals surface area contributed by atoms with Gasteiger partial charge in [-0.25, -0.2) is 0 Å². The molecule has 0 radical (unpaired) electrons. The van der Waals surface area contributed by atoms with Gasteiger partial charge in [-0.15, -0.1) is 10.2 Å². The predicted molar refractivity (Wildman–Crippen MR) is 119 cm³/mol. The van der Waals surface area contributed by atoms with Gasteiger partial charge in [-0.1, -0.05) is 12.1 Å². The lowest BCUT2D eigenvalue weighted by Gasteiger charge is -2.25. The number of rotatable bonds is 10. The monoisotopic (exact) mass is 439 g/mol. The predicted octanol–water partition coefficient (Wildman–Crippen LogP) is 3.84. The zero-order chi connectivity index (χ0) is 23.1. The third-order valence-electron chi connectivity index (χ3n) is 5.44. The third kappa shape index (κ3) is 5.57. The van der Waals surface area contributed by atoms with Crippen LogP contribution in [0.25, 0.3) is 0 Å². The molecule has 170 valence electrons. The van der Waals surface area contributed by atoms with E-state index < -0.39 is 0 Å². The van der Waals surface area contributed by atoms with Gasteiger partial charge >= 0.3 is 0 Å². The van der Waals surface area contributed by atoms with Crippen molar-refractivity contribution in [2.24, 2.45) is 0 Å². The molecule has 0 saturated heterocycles. The molecule has 0 aliphatic rings. The number of hydrogen-bond donors (Lipinski definition) is 0. The second-order valence-corrected chi connectivity index (χ2v) is 7.40. The van der Waals surface area contributed by atoms with Crippen molar-refractivity contribution in [1.29, 1.82) is 0 Å². The molecule has 0 aliphatic heterocycles. The minimum absolute atomic E-state index is 0.00506.